The number of rotatable bonds is 4. The third-order valence-electron chi connectivity index (χ3n) is 2.83. The summed E-state index contributed by atoms with van der Waals surface area (Å²) in [5.41, 5.74) is 0.706. The third kappa shape index (κ3) is 3.98. The van der Waals surface area contributed by atoms with Crippen molar-refractivity contribution < 1.29 is 14.3 Å². The quantitative estimate of drug-likeness (QED) is 0.510. The van der Waals surface area contributed by atoms with Crippen LogP contribution in [0.15, 0.2) is 59.8 Å². The van der Waals surface area contributed by atoms with Crippen LogP contribution in [0.3, 0.4) is 0 Å². The Labute approximate surface area is 132 Å². The number of benzene rings is 1. The highest BCUT2D eigenvalue weighted by atomic mass is 32.2. The predicted molar refractivity (Wildman–Crippen MR) is 83.0 cm³/mol. The molecule has 1 atom stereocenters. The van der Waals surface area contributed by atoms with Gasteiger partial charge in [0.1, 0.15) is 5.25 Å². The molecule has 0 spiro atoms. The minimum atomic E-state index is -0.707. The van der Waals surface area contributed by atoms with Crippen molar-refractivity contribution in [2.24, 2.45) is 0 Å². The number of nitrogens with zero attached hydrogens (tertiary/aromatic N) is 1. The summed E-state index contributed by atoms with van der Waals surface area (Å²) in [6.45, 7) is 0. The Morgan fingerprint density at radius 2 is 1.82 bits per heavy atom. The van der Waals surface area contributed by atoms with Crippen LogP contribution >= 0.6 is 11.8 Å². The van der Waals surface area contributed by atoms with Gasteiger partial charge in [0.05, 0.1) is 0 Å². The summed E-state index contributed by atoms with van der Waals surface area (Å²) in [4.78, 5) is 23.7. The summed E-state index contributed by atoms with van der Waals surface area (Å²) in [6.07, 6.45) is 1.36. The van der Waals surface area contributed by atoms with Crippen LogP contribution in [-0.2, 0) is 4.79 Å². The van der Waals surface area contributed by atoms with Crippen molar-refractivity contribution in [3.63, 3.8) is 0 Å². The van der Waals surface area contributed by atoms with Gasteiger partial charge in [-0.1, -0.05) is 30.3 Å². The lowest BCUT2D eigenvalue weighted by molar-refractivity contribution is -0.645. The van der Waals surface area contributed by atoms with E-state index >= 15 is 0 Å². The van der Waals surface area contributed by atoms with E-state index in [1.807, 2.05) is 6.07 Å². The van der Waals surface area contributed by atoms with Crippen molar-refractivity contribution in [1.29, 1.82) is 0 Å². The average molecular weight is 317 g/mol. The average Bonchev–Trinajstić information content (AvgIpc) is 2.54. The first-order valence-electron chi connectivity index (χ1n) is 6.54. The molecular weight excluding hydrogens is 302 g/mol. The predicted octanol–water partition coefficient (Wildman–Crippen LogP) is 1.61. The first-order chi connectivity index (χ1) is 10.6. The van der Waals surface area contributed by atoms with Gasteiger partial charge < -0.3 is 10.5 Å². The molecule has 0 saturated carbocycles. The second kappa shape index (κ2) is 7.46. The van der Waals surface area contributed by atoms with E-state index in [9.17, 15) is 14.8 Å². The minimum Gasteiger partial charge on any atom is -0.618 e. The second-order valence-electron chi connectivity index (χ2n) is 4.34. The molecule has 1 heterocycles. The number of urea groups is 1. The fourth-order valence-corrected chi connectivity index (χ4v) is 2.79. The molecule has 22 heavy (non-hydrogen) atoms. The van der Waals surface area contributed by atoms with Crippen LogP contribution < -0.4 is 15.4 Å². The minimum absolute atomic E-state index is 0.378. The molecule has 0 bridgehead atoms. The van der Waals surface area contributed by atoms with Crippen molar-refractivity contribution in [1.82, 2.24) is 10.6 Å². The van der Waals surface area contributed by atoms with Gasteiger partial charge >= 0.3 is 6.03 Å². The number of carbonyl (C=O) groups is 2. The molecule has 0 aliphatic rings. The summed E-state index contributed by atoms with van der Waals surface area (Å²) in [6, 6.07) is 13.3. The smallest absolute Gasteiger partial charge is 0.321 e. The lowest BCUT2D eigenvalue weighted by Crippen LogP contribution is -2.40. The number of hydrogen-bond donors (Lipinski definition) is 2. The Bertz CT molecular complexity index is 664. The van der Waals surface area contributed by atoms with Gasteiger partial charge in [0, 0.05) is 19.2 Å². The van der Waals surface area contributed by atoms with Crippen molar-refractivity contribution in [3.05, 3.63) is 65.5 Å². The number of pyridine rings is 1. The normalized spacial score (nSPS) is 11.5. The van der Waals surface area contributed by atoms with E-state index in [0.717, 1.165) is 11.8 Å². The molecule has 1 aromatic heterocycles. The first-order valence-corrected chi connectivity index (χ1v) is 7.42. The van der Waals surface area contributed by atoms with Gasteiger partial charge in [-0.2, -0.15) is 4.73 Å². The monoisotopic (exact) mass is 317 g/mol. The van der Waals surface area contributed by atoms with Crippen LogP contribution in [0.1, 0.15) is 10.8 Å². The zero-order chi connectivity index (χ0) is 15.9. The van der Waals surface area contributed by atoms with E-state index in [1.54, 1.807) is 42.5 Å². The molecule has 0 radical (unpaired) electrons. The fourth-order valence-electron chi connectivity index (χ4n) is 1.77. The fraction of sp³-hybridized carbons (Fsp3) is 0.133. The zero-order valence-electron chi connectivity index (χ0n) is 11.9. The molecule has 2 aromatic rings. The molecule has 2 N–H and O–H groups in total. The number of amides is 3. The second-order valence-corrected chi connectivity index (χ2v) is 5.47. The maximum atomic E-state index is 12.3. The summed E-state index contributed by atoms with van der Waals surface area (Å²) >= 11 is 1.09. The van der Waals surface area contributed by atoms with Gasteiger partial charge in [-0.05, 0) is 23.4 Å². The van der Waals surface area contributed by atoms with E-state index in [-0.39, 0.29) is 0 Å². The Balaban J connectivity index is 2.28. The summed E-state index contributed by atoms with van der Waals surface area (Å²) in [5.74, 6) is -0.487. The van der Waals surface area contributed by atoms with E-state index in [0.29, 0.717) is 15.3 Å². The van der Waals surface area contributed by atoms with Crippen molar-refractivity contribution in [3.8, 4) is 0 Å². The van der Waals surface area contributed by atoms with Crippen LogP contribution in [-0.4, -0.2) is 19.0 Å². The van der Waals surface area contributed by atoms with Gasteiger partial charge in [-0.3, -0.25) is 10.1 Å². The van der Waals surface area contributed by atoms with E-state index in [4.69, 9.17) is 0 Å². The number of hydrogen-bond acceptors (Lipinski definition) is 4. The SMILES string of the molecule is CNC(=O)NC(=O)C(Sc1cccc[n+]1[O-])c1ccccc1. The lowest BCUT2D eigenvalue weighted by atomic mass is 10.1. The molecule has 0 aliphatic heterocycles. The van der Waals surface area contributed by atoms with Gasteiger partial charge in [0.2, 0.25) is 5.91 Å². The summed E-state index contributed by atoms with van der Waals surface area (Å²) in [7, 11) is 1.43. The maximum Gasteiger partial charge on any atom is 0.321 e. The molecule has 0 fully saturated rings. The van der Waals surface area contributed by atoms with E-state index < -0.39 is 17.2 Å². The number of aromatic nitrogens is 1. The number of nitrogens with one attached hydrogen (secondary N) is 2. The number of imide groups is 1. The lowest BCUT2D eigenvalue weighted by Gasteiger charge is -2.15. The van der Waals surface area contributed by atoms with Crippen LogP contribution in [0.2, 0.25) is 0 Å². The molecule has 2 rings (SSSR count). The molecule has 1 unspecified atom stereocenters. The standard InChI is InChI=1S/C15H15N3O3S/c1-16-15(20)17-14(19)13(11-7-3-2-4-8-11)22-12-9-5-6-10-18(12)21/h2-10,13H,1H3,(H2,16,17,19,20). The Kier molecular flexibility index (Phi) is 5.37. The van der Waals surface area contributed by atoms with Crippen LogP contribution in [0, 0.1) is 5.21 Å². The molecule has 114 valence electrons. The Morgan fingerprint density at radius 1 is 1.14 bits per heavy atom. The van der Waals surface area contributed by atoms with Gasteiger partial charge in [-0.25, -0.2) is 4.79 Å². The van der Waals surface area contributed by atoms with Crippen molar-refractivity contribution >= 4 is 23.7 Å². The molecule has 3 amide bonds. The highest BCUT2D eigenvalue weighted by Crippen LogP contribution is 2.33. The Hall–Kier alpha value is -2.54. The molecule has 7 heteroatoms. The van der Waals surface area contributed by atoms with E-state index in [2.05, 4.69) is 10.6 Å². The molecule has 0 aliphatic carbocycles. The Morgan fingerprint density at radius 3 is 2.45 bits per heavy atom. The molecular formula is C15H15N3O3S. The van der Waals surface area contributed by atoms with Crippen molar-refractivity contribution in [2.45, 2.75) is 10.3 Å². The molecule has 1 aromatic carbocycles. The van der Waals surface area contributed by atoms with Crippen LogP contribution in [0.5, 0.6) is 0 Å². The molecule has 6 nitrogen and oxygen atoms in total. The zero-order valence-corrected chi connectivity index (χ0v) is 12.7. The third-order valence-corrected chi connectivity index (χ3v) is 4.11. The number of carbonyl (C=O) groups excluding carboxylic acids is 2. The van der Waals surface area contributed by atoms with Crippen LogP contribution in [0.4, 0.5) is 4.79 Å². The van der Waals surface area contributed by atoms with Crippen molar-refractivity contribution in [2.75, 3.05) is 7.05 Å². The van der Waals surface area contributed by atoms with Crippen LogP contribution in [0.25, 0.3) is 0 Å². The topological polar surface area (TPSA) is 85.1 Å². The van der Waals surface area contributed by atoms with E-state index in [1.165, 1.54) is 13.2 Å². The van der Waals surface area contributed by atoms with Gasteiger partial charge in [0.15, 0.2) is 6.20 Å². The van der Waals surface area contributed by atoms with Gasteiger partial charge in [-0.15, -0.1) is 0 Å². The largest absolute Gasteiger partial charge is 0.618 e. The highest BCUT2D eigenvalue weighted by molar-refractivity contribution is 8.00. The first kappa shape index (κ1) is 15.8. The number of thioether (sulfide) groups is 1. The maximum absolute atomic E-state index is 12.3. The van der Waals surface area contributed by atoms with Gasteiger partial charge in [0.25, 0.3) is 5.03 Å². The summed E-state index contributed by atoms with van der Waals surface area (Å²) < 4.78 is 0.688. The molecule has 0 saturated heterocycles. The summed E-state index contributed by atoms with van der Waals surface area (Å²) in [5, 5.41) is 16.0. The highest BCUT2D eigenvalue weighted by Gasteiger charge is 2.26.